The Morgan fingerprint density at radius 3 is 2.68 bits per heavy atom. The zero-order chi connectivity index (χ0) is 20.4. The summed E-state index contributed by atoms with van der Waals surface area (Å²) in [6, 6.07) is 11.9. The molecule has 0 aliphatic rings. The number of ether oxygens (including phenoxy) is 3. The summed E-state index contributed by atoms with van der Waals surface area (Å²) in [4.78, 5) is 23.2. The molecule has 2 aromatic carbocycles. The lowest BCUT2D eigenvalue weighted by Gasteiger charge is -2.12. The molecule has 8 nitrogen and oxygen atoms in total. The Labute approximate surface area is 167 Å². The number of carbonyl (C=O) groups excluding carboxylic acids is 2. The molecule has 2 amide bonds. The number of hydrogen-bond donors (Lipinski definition) is 2. The molecule has 0 aliphatic carbocycles. The molecular weight excluding hydrogens is 386 g/mol. The number of hydrogen-bond acceptors (Lipinski definition) is 6. The highest BCUT2D eigenvalue weighted by Crippen LogP contribution is 2.27. The highest BCUT2D eigenvalue weighted by atomic mass is 35.5. The Morgan fingerprint density at radius 1 is 1.18 bits per heavy atom. The summed E-state index contributed by atoms with van der Waals surface area (Å²) in [6.45, 7) is 1.73. The lowest BCUT2D eigenvalue weighted by Crippen LogP contribution is -2.20. The van der Waals surface area contributed by atoms with E-state index in [1.807, 2.05) is 0 Å². The minimum absolute atomic E-state index is 0.223. The van der Waals surface area contributed by atoms with Crippen molar-refractivity contribution in [2.24, 2.45) is 5.10 Å². The molecule has 0 fully saturated rings. The van der Waals surface area contributed by atoms with Crippen molar-refractivity contribution in [2.75, 3.05) is 25.6 Å². The van der Waals surface area contributed by atoms with Gasteiger partial charge in [-0.2, -0.15) is 5.10 Å². The Balaban J connectivity index is 1.94. The van der Waals surface area contributed by atoms with Crippen molar-refractivity contribution in [2.45, 2.75) is 6.92 Å². The molecule has 0 radical (unpaired) electrons. The van der Waals surface area contributed by atoms with Crippen LogP contribution >= 0.6 is 11.6 Å². The average molecular weight is 406 g/mol. The number of rotatable bonds is 8. The van der Waals surface area contributed by atoms with Crippen molar-refractivity contribution >= 4 is 35.5 Å². The van der Waals surface area contributed by atoms with Gasteiger partial charge in [0, 0.05) is 0 Å². The van der Waals surface area contributed by atoms with Gasteiger partial charge in [-0.1, -0.05) is 23.7 Å². The standard InChI is InChI=1S/C19H20ClN3O5/c1-3-27-19(25)23-21-11-13-8-9-16(17(10-13)26-2)28-12-18(24)22-15-7-5-4-6-14(15)20/h4-11H,3,12H2,1-2H3,(H,22,24)(H,23,25)/b21-11+. The predicted molar refractivity (Wildman–Crippen MR) is 106 cm³/mol. The van der Waals surface area contributed by atoms with E-state index in [1.165, 1.54) is 13.3 Å². The van der Waals surface area contributed by atoms with Gasteiger partial charge in [0.2, 0.25) is 0 Å². The molecule has 2 rings (SSSR count). The predicted octanol–water partition coefficient (Wildman–Crippen LogP) is 3.45. The maximum atomic E-state index is 12.1. The maximum Gasteiger partial charge on any atom is 0.427 e. The van der Waals surface area contributed by atoms with Crippen LogP contribution in [0.4, 0.5) is 10.5 Å². The van der Waals surface area contributed by atoms with E-state index in [9.17, 15) is 9.59 Å². The Morgan fingerprint density at radius 2 is 1.96 bits per heavy atom. The smallest absolute Gasteiger partial charge is 0.427 e. The first-order valence-corrected chi connectivity index (χ1v) is 8.72. The van der Waals surface area contributed by atoms with Gasteiger partial charge >= 0.3 is 6.09 Å². The third kappa shape index (κ3) is 6.48. The minimum atomic E-state index is -0.643. The second-order valence-electron chi connectivity index (χ2n) is 5.32. The molecule has 0 aromatic heterocycles. The number of para-hydroxylation sites is 1. The topological polar surface area (TPSA) is 98.3 Å². The number of anilines is 1. The van der Waals surface area contributed by atoms with Crippen LogP contribution in [-0.4, -0.2) is 38.5 Å². The molecule has 0 bridgehead atoms. The normalized spacial score (nSPS) is 10.4. The summed E-state index contributed by atoms with van der Waals surface area (Å²) < 4.78 is 15.5. The quantitative estimate of drug-likeness (QED) is 0.517. The van der Waals surface area contributed by atoms with Crippen molar-refractivity contribution in [3.63, 3.8) is 0 Å². The summed E-state index contributed by atoms with van der Waals surface area (Å²) in [5.41, 5.74) is 3.38. The van der Waals surface area contributed by atoms with E-state index in [0.29, 0.717) is 27.8 Å². The van der Waals surface area contributed by atoms with E-state index in [1.54, 1.807) is 49.4 Å². The monoisotopic (exact) mass is 405 g/mol. The molecule has 9 heteroatoms. The largest absolute Gasteiger partial charge is 0.493 e. The molecule has 0 unspecified atom stereocenters. The van der Waals surface area contributed by atoms with E-state index < -0.39 is 6.09 Å². The van der Waals surface area contributed by atoms with Gasteiger partial charge in [-0.05, 0) is 42.8 Å². The lowest BCUT2D eigenvalue weighted by atomic mass is 10.2. The Hall–Kier alpha value is -3.26. The van der Waals surface area contributed by atoms with Crippen LogP contribution in [0.3, 0.4) is 0 Å². The molecule has 0 saturated carbocycles. The minimum Gasteiger partial charge on any atom is -0.493 e. The number of hydrazone groups is 1. The molecular formula is C19H20ClN3O5. The first-order valence-electron chi connectivity index (χ1n) is 8.34. The molecule has 28 heavy (non-hydrogen) atoms. The van der Waals surface area contributed by atoms with Crippen molar-refractivity contribution in [3.8, 4) is 11.5 Å². The number of benzene rings is 2. The van der Waals surface area contributed by atoms with Gasteiger partial charge in [0.25, 0.3) is 5.91 Å². The van der Waals surface area contributed by atoms with Crippen molar-refractivity contribution in [1.82, 2.24) is 5.43 Å². The van der Waals surface area contributed by atoms with Crippen molar-refractivity contribution in [1.29, 1.82) is 0 Å². The number of methoxy groups -OCH3 is 1. The molecule has 0 atom stereocenters. The molecule has 2 N–H and O–H groups in total. The summed E-state index contributed by atoms with van der Waals surface area (Å²) in [5.74, 6) is 0.428. The molecule has 2 aromatic rings. The van der Waals surface area contributed by atoms with Gasteiger partial charge in [0.1, 0.15) is 0 Å². The molecule has 148 valence electrons. The molecule has 0 aliphatic heterocycles. The number of nitrogens with one attached hydrogen (secondary N) is 2. The summed E-state index contributed by atoms with van der Waals surface area (Å²) in [5, 5.41) is 6.88. The van der Waals surface area contributed by atoms with E-state index in [0.717, 1.165) is 0 Å². The number of halogens is 1. The van der Waals surface area contributed by atoms with Crippen LogP contribution in [0.5, 0.6) is 11.5 Å². The second kappa shape index (κ2) is 10.8. The second-order valence-corrected chi connectivity index (χ2v) is 5.72. The van der Waals surface area contributed by atoms with Gasteiger partial charge < -0.3 is 19.5 Å². The van der Waals surface area contributed by atoms with Gasteiger partial charge in [0.05, 0.1) is 30.6 Å². The number of carbonyl (C=O) groups is 2. The SMILES string of the molecule is CCOC(=O)N/N=C/c1ccc(OCC(=O)Nc2ccccc2Cl)c(OC)c1. The van der Waals surface area contributed by atoms with Crippen LogP contribution in [0.25, 0.3) is 0 Å². The average Bonchev–Trinajstić information content (AvgIpc) is 2.68. The summed E-state index contributed by atoms with van der Waals surface area (Å²) >= 11 is 6.01. The van der Waals surface area contributed by atoms with E-state index in [2.05, 4.69) is 15.8 Å². The molecule has 0 spiro atoms. The fraction of sp³-hybridized carbons (Fsp3) is 0.211. The van der Waals surface area contributed by atoms with Crippen LogP contribution < -0.4 is 20.2 Å². The lowest BCUT2D eigenvalue weighted by molar-refractivity contribution is -0.118. The zero-order valence-corrected chi connectivity index (χ0v) is 16.2. The molecule has 0 saturated heterocycles. The van der Waals surface area contributed by atoms with E-state index >= 15 is 0 Å². The summed E-state index contributed by atoms with van der Waals surface area (Å²) in [6.07, 6.45) is 0.781. The van der Waals surface area contributed by atoms with Crippen LogP contribution in [0.1, 0.15) is 12.5 Å². The zero-order valence-electron chi connectivity index (χ0n) is 15.4. The Kier molecular flexibility index (Phi) is 8.11. The first kappa shape index (κ1) is 21.0. The van der Waals surface area contributed by atoms with E-state index in [-0.39, 0.29) is 19.1 Å². The highest BCUT2D eigenvalue weighted by molar-refractivity contribution is 6.33. The van der Waals surface area contributed by atoms with Crippen LogP contribution in [-0.2, 0) is 9.53 Å². The van der Waals surface area contributed by atoms with Gasteiger partial charge in [0.15, 0.2) is 18.1 Å². The van der Waals surface area contributed by atoms with Crippen molar-refractivity contribution in [3.05, 3.63) is 53.1 Å². The molecule has 0 heterocycles. The third-order valence-corrected chi connectivity index (χ3v) is 3.67. The summed E-state index contributed by atoms with van der Waals surface area (Å²) in [7, 11) is 1.48. The fourth-order valence-electron chi connectivity index (χ4n) is 2.10. The maximum absolute atomic E-state index is 12.1. The van der Waals surface area contributed by atoms with Crippen molar-refractivity contribution < 1.29 is 23.8 Å². The third-order valence-electron chi connectivity index (χ3n) is 3.34. The van der Waals surface area contributed by atoms with Crippen LogP contribution in [0.2, 0.25) is 5.02 Å². The number of amides is 2. The van der Waals surface area contributed by atoms with E-state index in [4.69, 9.17) is 25.8 Å². The van der Waals surface area contributed by atoms with Gasteiger partial charge in [-0.3, -0.25) is 4.79 Å². The fourth-order valence-corrected chi connectivity index (χ4v) is 2.28. The first-order chi connectivity index (χ1) is 13.5. The van der Waals surface area contributed by atoms with Crippen LogP contribution in [0.15, 0.2) is 47.6 Å². The van der Waals surface area contributed by atoms with Gasteiger partial charge in [-0.15, -0.1) is 0 Å². The highest BCUT2D eigenvalue weighted by Gasteiger charge is 2.10. The number of nitrogens with zero attached hydrogens (tertiary/aromatic N) is 1. The van der Waals surface area contributed by atoms with Gasteiger partial charge in [-0.25, -0.2) is 10.2 Å². The van der Waals surface area contributed by atoms with Crippen LogP contribution in [0, 0.1) is 0 Å². The Bertz CT molecular complexity index is 857.